The molecule has 0 spiro atoms. The van der Waals surface area contributed by atoms with E-state index in [0.717, 1.165) is 0 Å². The summed E-state index contributed by atoms with van der Waals surface area (Å²) in [7, 11) is 1.54. The smallest absolute Gasteiger partial charge is 0.234 e. The molecule has 0 aromatic heterocycles. The van der Waals surface area contributed by atoms with E-state index in [1.54, 1.807) is 7.05 Å². The second kappa shape index (κ2) is 10.3. The molecule has 10 unspecified atom stereocenters. The molecular weight excluding hydrogens is 420 g/mol. The van der Waals surface area contributed by atoms with Gasteiger partial charge in [-0.25, -0.2) is 0 Å². The standard InChI is InChI=1S/C17H32N4O10/c1-20-10-12(25)14-6(2-5(19)15(27)30-14)28-16(10)31-17-13(26)11(24)9(7(4-22)29-17)21-8(23)3-18/h5-7,9-17,20,22,24-27H,2-4,18-19H2,1H3,(H,21,23)/t5-,6-,7?,9?,10?,11?,12?,13?,14?,15?,16?,17?/m0/s1. The molecule has 1 amide bonds. The van der Waals surface area contributed by atoms with Gasteiger partial charge in [0.1, 0.15) is 30.5 Å². The molecule has 3 aliphatic heterocycles. The van der Waals surface area contributed by atoms with Gasteiger partial charge in [0, 0.05) is 0 Å². The summed E-state index contributed by atoms with van der Waals surface area (Å²) in [6, 6.07) is -2.70. The van der Waals surface area contributed by atoms with Crippen LogP contribution in [0.4, 0.5) is 0 Å². The molecule has 0 saturated carbocycles. The van der Waals surface area contributed by atoms with E-state index in [1.165, 1.54) is 0 Å². The molecule has 11 N–H and O–H groups in total. The minimum Gasteiger partial charge on any atom is -0.394 e. The Morgan fingerprint density at radius 3 is 2.39 bits per heavy atom. The van der Waals surface area contributed by atoms with Crippen molar-refractivity contribution in [1.29, 1.82) is 0 Å². The minimum atomic E-state index is -1.62. The third-order valence-corrected chi connectivity index (χ3v) is 5.84. The summed E-state index contributed by atoms with van der Waals surface area (Å²) in [5, 5.41) is 56.4. The maximum absolute atomic E-state index is 11.6. The molecule has 0 aromatic carbocycles. The lowest BCUT2D eigenvalue weighted by molar-refractivity contribution is -0.368. The van der Waals surface area contributed by atoms with Gasteiger partial charge in [-0.3, -0.25) is 4.79 Å². The molecule has 0 bridgehead atoms. The van der Waals surface area contributed by atoms with E-state index in [0.29, 0.717) is 0 Å². The minimum absolute atomic E-state index is 0.183. The molecule has 0 radical (unpaired) electrons. The van der Waals surface area contributed by atoms with Crippen molar-refractivity contribution >= 4 is 5.91 Å². The van der Waals surface area contributed by atoms with Crippen LogP contribution in [0, 0.1) is 0 Å². The number of aliphatic hydroxyl groups excluding tert-OH is 5. The van der Waals surface area contributed by atoms with Crippen molar-refractivity contribution in [2.45, 2.75) is 80.0 Å². The van der Waals surface area contributed by atoms with Crippen molar-refractivity contribution in [2.24, 2.45) is 11.5 Å². The van der Waals surface area contributed by atoms with Gasteiger partial charge in [0.15, 0.2) is 18.9 Å². The van der Waals surface area contributed by atoms with Gasteiger partial charge in [-0.05, 0) is 13.5 Å². The summed E-state index contributed by atoms with van der Waals surface area (Å²) in [4.78, 5) is 11.6. The van der Waals surface area contributed by atoms with Gasteiger partial charge in [0.05, 0.1) is 37.4 Å². The highest BCUT2D eigenvalue weighted by atomic mass is 16.8. The van der Waals surface area contributed by atoms with E-state index in [2.05, 4.69) is 10.6 Å². The lowest BCUT2D eigenvalue weighted by Gasteiger charge is -2.50. The van der Waals surface area contributed by atoms with Crippen molar-refractivity contribution in [3.05, 3.63) is 0 Å². The third-order valence-electron chi connectivity index (χ3n) is 5.84. The average molecular weight is 452 g/mol. The SMILES string of the molecule is CNC1C(OC2OC(CO)C(NC(=O)CN)C(O)C2O)O[C@H]2C[C@H](N)C(O)OC2C1O. The fraction of sp³-hybridized carbons (Fsp3) is 0.941. The maximum Gasteiger partial charge on any atom is 0.234 e. The number of carbonyl (C=O) groups excluding carboxylic acids is 1. The number of amides is 1. The van der Waals surface area contributed by atoms with Gasteiger partial charge in [-0.2, -0.15) is 0 Å². The lowest BCUT2D eigenvalue weighted by atomic mass is 9.90. The van der Waals surface area contributed by atoms with E-state index in [-0.39, 0.29) is 13.0 Å². The van der Waals surface area contributed by atoms with Gasteiger partial charge in [-0.1, -0.05) is 0 Å². The van der Waals surface area contributed by atoms with Crippen LogP contribution in [0.2, 0.25) is 0 Å². The Labute approximate surface area is 178 Å². The largest absolute Gasteiger partial charge is 0.394 e. The zero-order chi connectivity index (χ0) is 22.9. The van der Waals surface area contributed by atoms with Gasteiger partial charge in [0.2, 0.25) is 5.91 Å². The topological polar surface area (TPSA) is 231 Å². The molecule has 14 heteroatoms. The van der Waals surface area contributed by atoms with Crippen LogP contribution >= 0.6 is 0 Å². The summed E-state index contributed by atoms with van der Waals surface area (Å²) in [5.41, 5.74) is 11.1. The number of carbonyl (C=O) groups is 1. The van der Waals surface area contributed by atoms with Gasteiger partial charge < -0.3 is 66.6 Å². The van der Waals surface area contributed by atoms with Crippen LogP contribution in [0.15, 0.2) is 0 Å². The molecule has 3 fully saturated rings. The Balaban J connectivity index is 1.72. The number of nitrogens with two attached hydrogens (primary N) is 2. The van der Waals surface area contributed by atoms with E-state index in [4.69, 9.17) is 30.4 Å². The summed E-state index contributed by atoms with van der Waals surface area (Å²) in [5.74, 6) is -0.603. The van der Waals surface area contributed by atoms with Gasteiger partial charge in [-0.15, -0.1) is 0 Å². The van der Waals surface area contributed by atoms with Gasteiger partial charge in [0.25, 0.3) is 0 Å². The molecule has 14 nitrogen and oxygen atoms in total. The van der Waals surface area contributed by atoms with Crippen LogP contribution in [0.5, 0.6) is 0 Å². The van der Waals surface area contributed by atoms with Crippen LogP contribution in [0.3, 0.4) is 0 Å². The van der Waals surface area contributed by atoms with Crippen LogP contribution in [-0.2, 0) is 23.7 Å². The van der Waals surface area contributed by atoms with Crippen molar-refractivity contribution in [1.82, 2.24) is 10.6 Å². The molecule has 3 heterocycles. The highest BCUT2D eigenvalue weighted by Gasteiger charge is 2.53. The fourth-order valence-corrected chi connectivity index (χ4v) is 4.10. The predicted molar refractivity (Wildman–Crippen MR) is 101 cm³/mol. The number of aliphatic hydroxyl groups is 5. The summed E-state index contributed by atoms with van der Waals surface area (Å²) in [6.45, 7) is -0.940. The van der Waals surface area contributed by atoms with Gasteiger partial charge >= 0.3 is 0 Å². The molecular formula is C17H32N4O10. The normalized spacial score (nSPS) is 48.1. The molecule has 12 atom stereocenters. The van der Waals surface area contributed by atoms with Crippen molar-refractivity contribution in [2.75, 3.05) is 20.2 Å². The summed E-state index contributed by atoms with van der Waals surface area (Å²) < 4.78 is 22.5. The number of hydrogen-bond acceptors (Lipinski definition) is 13. The first-order valence-electron chi connectivity index (χ1n) is 10.1. The zero-order valence-electron chi connectivity index (χ0n) is 17.0. The van der Waals surface area contributed by atoms with Crippen LogP contribution in [-0.4, -0.2) is 125 Å². The van der Waals surface area contributed by atoms with E-state index in [9.17, 15) is 30.3 Å². The summed E-state index contributed by atoms with van der Waals surface area (Å²) >= 11 is 0. The second-order valence-corrected chi connectivity index (χ2v) is 7.88. The van der Waals surface area contributed by atoms with Crippen molar-refractivity contribution in [3.8, 4) is 0 Å². The Morgan fingerprint density at radius 1 is 1.06 bits per heavy atom. The van der Waals surface area contributed by atoms with E-state index in [1.807, 2.05) is 0 Å². The van der Waals surface area contributed by atoms with E-state index >= 15 is 0 Å². The lowest BCUT2D eigenvalue weighted by Crippen LogP contribution is -2.69. The Morgan fingerprint density at radius 2 is 1.77 bits per heavy atom. The predicted octanol–water partition coefficient (Wildman–Crippen LogP) is -6.01. The van der Waals surface area contributed by atoms with E-state index < -0.39 is 86.1 Å². The Bertz CT molecular complexity index is 613. The third kappa shape index (κ3) is 5.00. The molecule has 3 aliphatic rings. The van der Waals surface area contributed by atoms with Crippen molar-refractivity contribution < 1.29 is 49.3 Å². The van der Waals surface area contributed by atoms with Crippen molar-refractivity contribution in [3.63, 3.8) is 0 Å². The van der Waals surface area contributed by atoms with Crippen LogP contribution in [0.25, 0.3) is 0 Å². The second-order valence-electron chi connectivity index (χ2n) is 7.88. The molecule has 0 aliphatic carbocycles. The number of likely N-dealkylation sites (N-methyl/N-ethyl adjacent to an activating group) is 1. The van der Waals surface area contributed by atoms with Crippen LogP contribution < -0.4 is 22.1 Å². The average Bonchev–Trinajstić information content (AvgIpc) is 2.75. The number of nitrogens with one attached hydrogen (secondary N) is 2. The maximum atomic E-state index is 11.6. The highest BCUT2D eigenvalue weighted by molar-refractivity contribution is 5.78. The Kier molecular flexibility index (Phi) is 8.17. The first kappa shape index (κ1) is 24.6. The first-order chi connectivity index (χ1) is 14.7. The quantitative estimate of drug-likeness (QED) is 0.183. The molecule has 180 valence electrons. The Hall–Kier alpha value is -1.01. The number of hydrogen-bond donors (Lipinski definition) is 9. The summed E-state index contributed by atoms with van der Waals surface area (Å²) in [6.07, 6.45) is -10.7. The van der Waals surface area contributed by atoms with Crippen LogP contribution in [0.1, 0.15) is 6.42 Å². The first-order valence-corrected chi connectivity index (χ1v) is 10.1. The fourth-order valence-electron chi connectivity index (χ4n) is 4.10. The molecule has 3 saturated heterocycles. The number of fused-ring (bicyclic) bond motifs is 1. The molecule has 31 heavy (non-hydrogen) atoms. The zero-order valence-corrected chi connectivity index (χ0v) is 17.0. The monoisotopic (exact) mass is 452 g/mol. The number of rotatable bonds is 6. The highest BCUT2D eigenvalue weighted by Crippen LogP contribution is 2.33. The molecule has 0 aromatic rings. The molecule has 3 rings (SSSR count). The number of ether oxygens (including phenoxy) is 4.